The van der Waals surface area contributed by atoms with E-state index in [1.807, 2.05) is 26.0 Å². The lowest BCUT2D eigenvalue weighted by atomic mass is 9.79. The van der Waals surface area contributed by atoms with Crippen LogP contribution >= 0.6 is 0 Å². The summed E-state index contributed by atoms with van der Waals surface area (Å²) in [5.74, 6) is -0.153. The lowest BCUT2D eigenvalue weighted by Crippen LogP contribution is -2.09. The maximum Gasteiger partial charge on any atom is 0.124 e. The van der Waals surface area contributed by atoms with Crippen LogP contribution in [0.4, 0.5) is 0 Å². The Bertz CT molecular complexity index is 2070. The molecule has 0 spiro atoms. The summed E-state index contributed by atoms with van der Waals surface area (Å²) < 4.78 is 0. The molecule has 6 aromatic carbocycles. The highest BCUT2D eigenvalue weighted by Gasteiger charge is 2.24. The van der Waals surface area contributed by atoms with Crippen molar-refractivity contribution in [3.05, 3.63) is 132 Å². The van der Waals surface area contributed by atoms with Crippen molar-refractivity contribution >= 4 is 40.4 Å². The average molecular weight is 554 g/mol. The van der Waals surface area contributed by atoms with E-state index in [4.69, 9.17) is 7.85 Å². The van der Waals surface area contributed by atoms with Gasteiger partial charge in [0.05, 0.1) is 0 Å². The van der Waals surface area contributed by atoms with E-state index in [0.29, 0.717) is 11.1 Å². The minimum atomic E-state index is -0.0859. The lowest BCUT2D eigenvalue weighted by Gasteiger charge is -2.23. The second-order valence-corrected chi connectivity index (χ2v) is 11.4. The predicted octanol–water partition coefficient (Wildman–Crippen LogP) is 9.55. The molecule has 2 N–H and O–H groups in total. The smallest absolute Gasteiger partial charge is 0.124 e. The van der Waals surface area contributed by atoms with Gasteiger partial charge in [-0.05, 0) is 104 Å². The summed E-state index contributed by atoms with van der Waals surface area (Å²) in [4.78, 5) is 0. The molecule has 206 valence electrons. The van der Waals surface area contributed by atoms with E-state index in [2.05, 4.69) is 103 Å². The third-order valence-electron chi connectivity index (χ3n) is 8.98. The largest absolute Gasteiger partial charge is 0.508 e. The molecule has 2 nitrogen and oxygen atoms in total. The zero-order valence-electron chi connectivity index (χ0n) is 24.4. The fourth-order valence-corrected chi connectivity index (χ4v) is 6.56. The van der Waals surface area contributed by atoms with E-state index in [1.165, 1.54) is 22.3 Å². The van der Waals surface area contributed by atoms with Gasteiger partial charge in [-0.1, -0.05) is 109 Å². The van der Waals surface area contributed by atoms with Crippen molar-refractivity contribution in [3.8, 4) is 44.9 Å². The molecule has 7 rings (SSSR count). The van der Waals surface area contributed by atoms with Gasteiger partial charge >= 0.3 is 0 Å². The van der Waals surface area contributed by atoms with Crippen LogP contribution in [0.3, 0.4) is 0 Å². The van der Waals surface area contributed by atoms with E-state index in [0.717, 1.165) is 56.6 Å². The van der Waals surface area contributed by atoms with Gasteiger partial charge in [0.25, 0.3) is 0 Å². The molecule has 0 heterocycles. The van der Waals surface area contributed by atoms with Gasteiger partial charge in [0.15, 0.2) is 0 Å². The molecule has 43 heavy (non-hydrogen) atoms. The van der Waals surface area contributed by atoms with Gasteiger partial charge < -0.3 is 10.2 Å². The van der Waals surface area contributed by atoms with E-state index in [1.54, 1.807) is 0 Å². The summed E-state index contributed by atoms with van der Waals surface area (Å²) in [6.45, 7) is 3.79. The zero-order valence-corrected chi connectivity index (χ0v) is 24.4. The van der Waals surface area contributed by atoms with Crippen LogP contribution in [0.1, 0.15) is 29.5 Å². The van der Waals surface area contributed by atoms with Crippen LogP contribution in [0.25, 0.3) is 60.5 Å². The molecular formula is C40H31BO2. The maximum absolute atomic E-state index is 11.5. The molecule has 1 aliphatic rings. The molecule has 0 aromatic heterocycles. The molecule has 0 atom stereocenters. The second-order valence-electron chi connectivity index (χ2n) is 11.4. The number of hydrogen-bond donors (Lipinski definition) is 2. The Labute approximate surface area is 253 Å². The van der Waals surface area contributed by atoms with E-state index in [9.17, 15) is 10.2 Å². The molecule has 0 saturated heterocycles. The van der Waals surface area contributed by atoms with Crippen LogP contribution in [0, 0.1) is 13.8 Å². The minimum Gasteiger partial charge on any atom is -0.508 e. The molecule has 0 unspecified atom stereocenters. The Morgan fingerprint density at radius 2 is 1.16 bits per heavy atom. The highest BCUT2D eigenvalue weighted by Crippen LogP contribution is 2.48. The third-order valence-corrected chi connectivity index (χ3v) is 8.98. The Kier molecular flexibility index (Phi) is 6.67. The molecule has 2 radical (unpaired) electrons. The van der Waals surface area contributed by atoms with Crippen molar-refractivity contribution in [1.82, 2.24) is 0 Å². The Balaban J connectivity index is 1.59. The van der Waals surface area contributed by atoms with Crippen LogP contribution in [-0.4, -0.2) is 18.1 Å². The number of fused-ring (bicyclic) bond motifs is 2. The molecule has 0 fully saturated rings. The van der Waals surface area contributed by atoms with Crippen molar-refractivity contribution in [3.63, 3.8) is 0 Å². The van der Waals surface area contributed by atoms with Gasteiger partial charge in [0, 0.05) is 11.1 Å². The van der Waals surface area contributed by atoms with Crippen LogP contribution < -0.4 is 5.46 Å². The molecule has 0 aliphatic heterocycles. The first-order valence-corrected chi connectivity index (χ1v) is 14.8. The van der Waals surface area contributed by atoms with E-state index in [-0.39, 0.29) is 17.0 Å². The number of phenolic OH excluding ortho intramolecular Hbond substituents is 2. The zero-order chi connectivity index (χ0) is 29.7. The highest BCUT2D eigenvalue weighted by molar-refractivity contribution is 6.37. The Hall–Kier alpha value is -5.02. The lowest BCUT2D eigenvalue weighted by molar-refractivity contribution is 0.456. The quantitative estimate of drug-likeness (QED) is 0.168. The van der Waals surface area contributed by atoms with Gasteiger partial charge in [0.2, 0.25) is 0 Å². The number of hydrogen-bond acceptors (Lipinski definition) is 2. The molecule has 0 amide bonds. The SMILES string of the molecule is [B]c1c(O)c(C)c(C)c(-c2c3ccccc3c(-c3ccc(-c4ccccc4)cc3)c3ccc(C4=CC=CCC4)cc23)c1O. The molecule has 3 heteroatoms. The third kappa shape index (κ3) is 4.44. The van der Waals surface area contributed by atoms with Gasteiger partial charge in [-0.15, -0.1) is 0 Å². The molecule has 0 saturated carbocycles. The van der Waals surface area contributed by atoms with Gasteiger partial charge in [-0.25, -0.2) is 0 Å². The normalized spacial score (nSPS) is 13.0. The van der Waals surface area contributed by atoms with Gasteiger partial charge in [-0.3, -0.25) is 0 Å². The number of allylic oxidation sites excluding steroid dienone is 4. The standard InChI is InChI=1S/C40H31BO2/c1-24-25(2)39(42)38(41)40(43)35(24)37-32-16-10-9-15-31(32)36(29-19-17-28(18-20-29)26-11-5-3-6-12-26)33-22-21-30(23-34(33)37)27-13-7-4-8-14-27/h3-7,9-13,15-23,42-43H,8,14H2,1-2H3. The monoisotopic (exact) mass is 554 g/mol. The first-order chi connectivity index (χ1) is 20.9. The second kappa shape index (κ2) is 10.7. The number of phenols is 2. The maximum atomic E-state index is 11.5. The van der Waals surface area contributed by atoms with Gasteiger partial charge in [-0.2, -0.15) is 0 Å². The predicted molar refractivity (Wildman–Crippen MR) is 182 cm³/mol. The van der Waals surface area contributed by atoms with Crippen molar-refractivity contribution < 1.29 is 10.2 Å². The summed E-state index contributed by atoms with van der Waals surface area (Å²) in [7, 11) is 6.29. The van der Waals surface area contributed by atoms with Crippen LogP contribution in [-0.2, 0) is 0 Å². The van der Waals surface area contributed by atoms with Gasteiger partial charge in [0.1, 0.15) is 19.3 Å². The summed E-state index contributed by atoms with van der Waals surface area (Å²) in [5.41, 5.74) is 10.2. The van der Waals surface area contributed by atoms with Crippen molar-refractivity contribution in [2.45, 2.75) is 26.7 Å². The summed E-state index contributed by atoms with van der Waals surface area (Å²) in [6, 6.07) is 34.3. The topological polar surface area (TPSA) is 40.5 Å². The van der Waals surface area contributed by atoms with E-state index >= 15 is 0 Å². The van der Waals surface area contributed by atoms with Crippen molar-refractivity contribution in [2.75, 3.05) is 0 Å². The molecular weight excluding hydrogens is 523 g/mol. The average Bonchev–Trinajstić information content (AvgIpc) is 3.07. The fraction of sp³-hybridized carbons (Fsp3) is 0.100. The van der Waals surface area contributed by atoms with Crippen LogP contribution in [0.5, 0.6) is 11.5 Å². The summed E-state index contributed by atoms with van der Waals surface area (Å²) in [6.07, 6.45) is 8.52. The molecule has 6 aromatic rings. The molecule has 1 aliphatic carbocycles. The molecule has 0 bridgehead atoms. The first-order valence-electron chi connectivity index (χ1n) is 14.8. The summed E-state index contributed by atoms with van der Waals surface area (Å²) in [5, 5.41) is 26.4. The minimum absolute atomic E-state index is 0.00666. The van der Waals surface area contributed by atoms with Crippen LogP contribution in [0.2, 0.25) is 0 Å². The van der Waals surface area contributed by atoms with E-state index < -0.39 is 0 Å². The summed E-state index contributed by atoms with van der Waals surface area (Å²) >= 11 is 0. The number of rotatable bonds is 4. The van der Waals surface area contributed by atoms with Crippen molar-refractivity contribution in [2.24, 2.45) is 0 Å². The Morgan fingerprint density at radius 1 is 0.558 bits per heavy atom. The Morgan fingerprint density at radius 3 is 1.86 bits per heavy atom. The highest BCUT2D eigenvalue weighted by atomic mass is 16.3. The van der Waals surface area contributed by atoms with Crippen LogP contribution in [0.15, 0.2) is 115 Å². The number of aromatic hydroxyl groups is 2. The fourth-order valence-electron chi connectivity index (χ4n) is 6.56. The van der Waals surface area contributed by atoms with Crippen molar-refractivity contribution in [1.29, 1.82) is 0 Å². The number of benzene rings is 6. The first kappa shape index (κ1) is 26.9.